The van der Waals surface area contributed by atoms with Crippen molar-refractivity contribution in [3.63, 3.8) is 0 Å². The molecule has 2 saturated heterocycles. The quantitative estimate of drug-likeness (QED) is 0.327. The fourth-order valence-electron chi connectivity index (χ4n) is 4.89. The van der Waals surface area contributed by atoms with E-state index in [1.807, 2.05) is 28.9 Å². The van der Waals surface area contributed by atoms with E-state index in [4.69, 9.17) is 0 Å². The summed E-state index contributed by atoms with van der Waals surface area (Å²) in [5.74, 6) is -0.346. The topological polar surface area (TPSA) is 69.9 Å². The predicted octanol–water partition coefficient (Wildman–Crippen LogP) is 5.02. The highest BCUT2D eigenvalue weighted by Crippen LogP contribution is 2.27. The van der Waals surface area contributed by atoms with Crippen LogP contribution in [-0.2, 0) is 11.3 Å². The van der Waals surface area contributed by atoms with Crippen molar-refractivity contribution in [3.8, 4) is 11.3 Å². The molecular formula is C28H33N5O2S. The first kappa shape index (κ1) is 24.7. The summed E-state index contributed by atoms with van der Waals surface area (Å²) < 4.78 is 2.04. The maximum absolute atomic E-state index is 11.9. The molecule has 1 aromatic carbocycles. The minimum absolute atomic E-state index is 0.333. The van der Waals surface area contributed by atoms with Crippen LogP contribution in [0.2, 0.25) is 0 Å². The van der Waals surface area contributed by atoms with Gasteiger partial charge in [0.2, 0.25) is 0 Å². The molecule has 2 aliphatic rings. The summed E-state index contributed by atoms with van der Waals surface area (Å²) in [6.07, 6.45) is 10.9. The van der Waals surface area contributed by atoms with Crippen molar-refractivity contribution in [2.24, 2.45) is 0 Å². The number of imidazole rings is 1. The number of thioether (sulfide) groups is 1. The number of hydrogen-bond acceptors (Lipinski definition) is 6. The van der Waals surface area contributed by atoms with E-state index >= 15 is 0 Å². The molecule has 7 nitrogen and oxygen atoms in total. The number of carbonyl (C=O) groups is 2. The molecule has 188 valence electrons. The maximum Gasteiger partial charge on any atom is 0.290 e. The molecule has 2 amide bonds. The van der Waals surface area contributed by atoms with Gasteiger partial charge in [0.15, 0.2) is 0 Å². The Balaban J connectivity index is 1.26. The number of amides is 2. The number of rotatable bonds is 9. The van der Waals surface area contributed by atoms with Crippen LogP contribution in [0.25, 0.3) is 23.0 Å². The molecule has 0 radical (unpaired) electrons. The molecule has 2 aliphatic heterocycles. The number of fused-ring (bicyclic) bond motifs is 1. The molecule has 2 aromatic heterocycles. The third-order valence-corrected chi connectivity index (χ3v) is 7.70. The second kappa shape index (κ2) is 11.4. The third-order valence-electron chi connectivity index (χ3n) is 6.89. The minimum atomic E-state index is -0.346. The second-order valence-electron chi connectivity index (χ2n) is 9.57. The van der Waals surface area contributed by atoms with Crippen LogP contribution in [0.4, 0.5) is 4.79 Å². The molecule has 1 N–H and O–H groups in total. The third kappa shape index (κ3) is 5.88. The van der Waals surface area contributed by atoms with Gasteiger partial charge in [0.1, 0.15) is 5.65 Å². The molecule has 0 spiro atoms. The Bertz CT molecular complexity index is 1280. The van der Waals surface area contributed by atoms with E-state index in [9.17, 15) is 9.59 Å². The highest BCUT2D eigenvalue weighted by Gasteiger charge is 2.25. The molecule has 4 heterocycles. The van der Waals surface area contributed by atoms with Crippen molar-refractivity contribution < 1.29 is 9.59 Å². The standard InChI is InChI=1S/C28H33N5O2S/c1-2-3-4-5-11-31-12-14-32(15-13-31)19-21-7-6-8-23(16-21)24-18-29-26-10-9-22(20-33(24)26)17-25-27(34)30-28(35)36-25/h6-10,16-18,20H,2-5,11-15,19H2,1H3,(H,30,34,35). The average molecular weight is 504 g/mol. The van der Waals surface area contributed by atoms with Crippen molar-refractivity contribution in [1.29, 1.82) is 0 Å². The molecule has 5 rings (SSSR count). The first-order chi connectivity index (χ1) is 17.6. The fourth-order valence-corrected chi connectivity index (χ4v) is 5.57. The Kier molecular flexibility index (Phi) is 7.84. The van der Waals surface area contributed by atoms with Crippen LogP contribution in [-0.4, -0.2) is 63.1 Å². The van der Waals surface area contributed by atoms with Gasteiger partial charge in [-0.1, -0.05) is 44.4 Å². The molecule has 36 heavy (non-hydrogen) atoms. The number of aromatic nitrogens is 2. The molecule has 3 aromatic rings. The number of hydrogen-bond donors (Lipinski definition) is 1. The minimum Gasteiger partial charge on any atom is -0.301 e. The largest absolute Gasteiger partial charge is 0.301 e. The zero-order chi connectivity index (χ0) is 24.9. The van der Waals surface area contributed by atoms with Gasteiger partial charge in [-0.05, 0) is 60.1 Å². The summed E-state index contributed by atoms with van der Waals surface area (Å²) in [5.41, 5.74) is 5.10. The Morgan fingerprint density at radius 2 is 1.86 bits per heavy atom. The van der Waals surface area contributed by atoms with Crippen LogP contribution in [0, 0.1) is 0 Å². The summed E-state index contributed by atoms with van der Waals surface area (Å²) in [6.45, 7) is 8.97. The Morgan fingerprint density at radius 3 is 2.64 bits per heavy atom. The number of pyridine rings is 1. The van der Waals surface area contributed by atoms with Crippen LogP contribution >= 0.6 is 11.8 Å². The zero-order valence-electron chi connectivity index (χ0n) is 20.8. The lowest BCUT2D eigenvalue weighted by molar-refractivity contribution is -0.115. The molecule has 0 bridgehead atoms. The van der Waals surface area contributed by atoms with Crippen LogP contribution in [0.15, 0.2) is 53.7 Å². The van der Waals surface area contributed by atoms with Gasteiger partial charge in [0.25, 0.3) is 11.1 Å². The molecule has 0 unspecified atom stereocenters. The van der Waals surface area contributed by atoms with Crippen LogP contribution in [0.5, 0.6) is 0 Å². The van der Waals surface area contributed by atoms with Crippen molar-refractivity contribution in [2.75, 3.05) is 32.7 Å². The van der Waals surface area contributed by atoms with Gasteiger partial charge < -0.3 is 4.90 Å². The Hall–Kier alpha value is -2.94. The van der Waals surface area contributed by atoms with E-state index in [-0.39, 0.29) is 11.1 Å². The molecule has 8 heteroatoms. The average Bonchev–Trinajstić information content (AvgIpc) is 3.44. The van der Waals surface area contributed by atoms with Gasteiger partial charge in [0.05, 0.1) is 16.8 Å². The fraction of sp³-hybridized carbons (Fsp3) is 0.393. The summed E-state index contributed by atoms with van der Waals surface area (Å²) in [5, 5.41) is 1.97. The summed E-state index contributed by atoms with van der Waals surface area (Å²) in [4.78, 5) is 33.6. The SMILES string of the molecule is CCCCCCN1CCN(Cc2cccc(-c3cnc4ccc(C=C5SC(=O)NC5=O)cn34)c2)CC1. The molecule has 0 aliphatic carbocycles. The van der Waals surface area contributed by atoms with E-state index in [1.165, 1.54) is 37.8 Å². The Labute approximate surface area is 216 Å². The monoisotopic (exact) mass is 503 g/mol. The summed E-state index contributed by atoms with van der Waals surface area (Å²) >= 11 is 0.930. The number of piperazine rings is 1. The molecule has 0 atom stereocenters. The molecular weight excluding hydrogens is 470 g/mol. The van der Waals surface area contributed by atoms with Crippen LogP contribution in [0.3, 0.4) is 0 Å². The summed E-state index contributed by atoms with van der Waals surface area (Å²) in [6, 6.07) is 12.5. The zero-order valence-corrected chi connectivity index (χ0v) is 21.6. The van der Waals surface area contributed by atoms with E-state index in [0.29, 0.717) is 4.91 Å². The van der Waals surface area contributed by atoms with E-state index in [0.717, 1.165) is 67.0 Å². The van der Waals surface area contributed by atoms with Crippen molar-refractivity contribution in [2.45, 2.75) is 39.2 Å². The van der Waals surface area contributed by atoms with Gasteiger partial charge in [-0.15, -0.1) is 0 Å². The second-order valence-corrected chi connectivity index (χ2v) is 10.6. The highest BCUT2D eigenvalue weighted by atomic mass is 32.2. The number of unbranched alkanes of at least 4 members (excludes halogenated alkanes) is 3. The lowest BCUT2D eigenvalue weighted by Gasteiger charge is -2.34. The van der Waals surface area contributed by atoms with Crippen molar-refractivity contribution in [1.82, 2.24) is 24.5 Å². The lowest BCUT2D eigenvalue weighted by atomic mass is 10.1. The number of benzene rings is 1. The molecule has 0 saturated carbocycles. The van der Waals surface area contributed by atoms with Gasteiger partial charge in [-0.3, -0.25) is 24.2 Å². The number of imide groups is 1. The first-order valence-electron chi connectivity index (χ1n) is 12.8. The van der Waals surface area contributed by atoms with Crippen LogP contribution in [0.1, 0.15) is 43.7 Å². The van der Waals surface area contributed by atoms with Gasteiger partial charge in [0, 0.05) is 44.5 Å². The van der Waals surface area contributed by atoms with Crippen molar-refractivity contribution >= 4 is 34.6 Å². The highest BCUT2D eigenvalue weighted by molar-refractivity contribution is 8.18. The maximum atomic E-state index is 11.9. The first-order valence-corrected chi connectivity index (χ1v) is 13.7. The summed E-state index contributed by atoms with van der Waals surface area (Å²) in [7, 11) is 0. The predicted molar refractivity (Wildman–Crippen MR) is 146 cm³/mol. The van der Waals surface area contributed by atoms with Gasteiger partial charge >= 0.3 is 0 Å². The smallest absolute Gasteiger partial charge is 0.290 e. The number of nitrogens with one attached hydrogen (secondary N) is 1. The van der Waals surface area contributed by atoms with E-state index in [2.05, 4.69) is 51.3 Å². The lowest BCUT2D eigenvalue weighted by Crippen LogP contribution is -2.46. The number of carbonyl (C=O) groups excluding carboxylic acids is 2. The Morgan fingerprint density at radius 1 is 1.03 bits per heavy atom. The van der Waals surface area contributed by atoms with Gasteiger partial charge in [-0.2, -0.15) is 0 Å². The number of nitrogens with zero attached hydrogens (tertiary/aromatic N) is 4. The van der Waals surface area contributed by atoms with E-state index in [1.54, 1.807) is 6.08 Å². The molecule has 2 fully saturated rings. The van der Waals surface area contributed by atoms with Crippen LogP contribution < -0.4 is 5.32 Å². The normalized spacial score (nSPS) is 18.4. The van der Waals surface area contributed by atoms with Gasteiger partial charge in [-0.25, -0.2) is 4.98 Å². The van der Waals surface area contributed by atoms with Crippen molar-refractivity contribution in [3.05, 3.63) is 64.8 Å². The van der Waals surface area contributed by atoms with E-state index < -0.39 is 0 Å².